The SMILES string of the molecule is COc1ccc(-c2cnccc2CN2CN(c3ccc(OC(F)(F)F)cc3)CC2(C)C)cc1. The van der Waals surface area contributed by atoms with Gasteiger partial charge in [0.15, 0.2) is 0 Å². The van der Waals surface area contributed by atoms with E-state index in [1.165, 1.54) is 12.1 Å². The number of hydrogen-bond acceptors (Lipinski definition) is 5. The number of anilines is 1. The Bertz CT molecular complexity index is 1080. The standard InChI is InChI=1S/C25H26F3N3O2/c1-24(2)16-30(20-6-10-22(11-7-20)33-25(26,27)28)17-31(24)15-19-12-13-29-14-23(19)18-4-8-21(32-3)9-5-18/h4-14H,15-17H2,1-3H3. The first-order chi connectivity index (χ1) is 15.6. The van der Waals surface area contributed by atoms with Crippen LogP contribution in [0.3, 0.4) is 0 Å². The van der Waals surface area contributed by atoms with Crippen molar-refractivity contribution in [1.82, 2.24) is 9.88 Å². The van der Waals surface area contributed by atoms with Gasteiger partial charge in [0.1, 0.15) is 11.5 Å². The van der Waals surface area contributed by atoms with Gasteiger partial charge in [0, 0.05) is 42.3 Å². The van der Waals surface area contributed by atoms with Crippen molar-refractivity contribution < 1.29 is 22.6 Å². The zero-order valence-electron chi connectivity index (χ0n) is 18.8. The second-order valence-electron chi connectivity index (χ2n) is 8.65. The lowest BCUT2D eigenvalue weighted by Crippen LogP contribution is -2.39. The molecule has 0 aliphatic carbocycles. The van der Waals surface area contributed by atoms with E-state index in [9.17, 15) is 13.2 Å². The van der Waals surface area contributed by atoms with Crippen molar-refractivity contribution in [2.75, 3.05) is 25.2 Å². The highest BCUT2D eigenvalue weighted by Gasteiger charge is 2.37. The van der Waals surface area contributed by atoms with Crippen LogP contribution in [0.15, 0.2) is 67.0 Å². The van der Waals surface area contributed by atoms with Crippen LogP contribution in [-0.2, 0) is 6.54 Å². The molecule has 0 unspecified atom stereocenters. The summed E-state index contributed by atoms with van der Waals surface area (Å²) in [4.78, 5) is 8.83. The van der Waals surface area contributed by atoms with Gasteiger partial charge in [-0.25, -0.2) is 0 Å². The van der Waals surface area contributed by atoms with E-state index >= 15 is 0 Å². The van der Waals surface area contributed by atoms with Gasteiger partial charge in [-0.1, -0.05) is 12.1 Å². The number of rotatable bonds is 6. The first kappa shape index (κ1) is 22.9. The summed E-state index contributed by atoms with van der Waals surface area (Å²) in [5, 5.41) is 0. The monoisotopic (exact) mass is 457 g/mol. The van der Waals surface area contributed by atoms with E-state index in [1.54, 1.807) is 25.4 Å². The molecule has 33 heavy (non-hydrogen) atoms. The molecular weight excluding hydrogens is 431 g/mol. The fraction of sp³-hybridized carbons (Fsp3) is 0.320. The molecule has 0 atom stereocenters. The number of ether oxygens (including phenoxy) is 2. The minimum absolute atomic E-state index is 0.137. The van der Waals surface area contributed by atoms with Crippen LogP contribution in [0.2, 0.25) is 0 Å². The van der Waals surface area contributed by atoms with Gasteiger partial charge in [0.05, 0.1) is 13.8 Å². The third-order valence-corrected chi connectivity index (χ3v) is 5.88. The highest BCUT2D eigenvalue weighted by molar-refractivity contribution is 5.67. The summed E-state index contributed by atoms with van der Waals surface area (Å²) in [6.07, 6.45) is -1.03. The molecule has 1 saturated heterocycles. The van der Waals surface area contributed by atoms with Crippen LogP contribution in [0.5, 0.6) is 11.5 Å². The lowest BCUT2D eigenvalue weighted by Gasteiger charge is -2.30. The Labute approximate surface area is 191 Å². The molecule has 0 spiro atoms. The Balaban J connectivity index is 1.51. The maximum absolute atomic E-state index is 12.4. The maximum atomic E-state index is 12.4. The molecule has 0 amide bonds. The third-order valence-electron chi connectivity index (χ3n) is 5.88. The number of alkyl halides is 3. The van der Waals surface area contributed by atoms with Crippen molar-refractivity contribution in [3.8, 4) is 22.6 Å². The van der Waals surface area contributed by atoms with Gasteiger partial charge in [-0.15, -0.1) is 13.2 Å². The van der Waals surface area contributed by atoms with Crippen LogP contribution in [0, 0.1) is 0 Å². The highest BCUT2D eigenvalue weighted by atomic mass is 19.4. The van der Waals surface area contributed by atoms with Gasteiger partial charge < -0.3 is 14.4 Å². The van der Waals surface area contributed by atoms with Crippen LogP contribution in [-0.4, -0.2) is 42.1 Å². The number of hydrogen-bond donors (Lipinski definition) is 0. The molecule has 1 fully saturated rings. The van der Waals surface area contributed by atoms with Crippen molar-refractivity contribution >= 4 is 5.69 Å². The van der Waals surface area contributed by atoms with Gasteiger partial charge in [-0.05, 0) is 67.4 Å². The van der Waals surface area contributed by atoms with Crippen LogP contribution >= 0.6 is 0 Å². The van der Waals surface area contributed by atoms with Crippen molar-refractivity contribution in [3.05, 3.63) is 72.6 Å². The lowest BCUT2D eigenvalue weighted by atomic mass is 9.99. The van der Waals surface area contributed by atoms with E-state index in [4.69, 9.17) is 4.74 Å². The van der Waals surface area contributed by atoms with E-state index in [2.05, 4.69) is 33.4 Å². The second-order valence-corrected chi connectivity index (χ2v) is 8.65. The Hall–Kier alpha value is -3.26. The predicted molar refractivity (Wildman–Crippen MR) is 121 cm³/mol. The quantitative estimate of drug-likeness (QED) is 0.474. The lowest BCUT2D eigenvalue weighted by molar-refractivity contribution is -0.274. The smallest absolute Gasteiger partial charge is 0.497 e. The molecule has 0 radical (unpaired) electrons. The summed E-state index contributed by atoms with van der Waals surface area (Å²) >= 11 is 0. The van der Waals surface area contributed by atoms with Crippen LogP contribution in [0.4, 0.5) is 18.9 Å². The molecule has 1 aromatic heterocycles. The van der Waals surface area contributed by atoms with Crippen LogP contribution < -0.4 is 14.4 Å². The minimum Gasteiger partial charge on any atom is -0.497 e. The van der Waals surface area contributed by atoms with E-state index in [-0.39, 0.29) is 11.3 Å². The number of pyridine rings is 1. The summed E-state index contributed by atoms with van der Waals surface area (Å²) in [5.74, 6) is 0.578. The number of nitrogens with zero attached hydrogens (tertiary/aromatic N) is 3. The zero-order valence-corrected chi connectivity index (χ0v) is 18.8. The normalized spacial score (nSPS) is 16.1. The Morgan fingerprint density at radius 2 is 1.64 bits per heavy atom. The Morgan fingerprint density at radius 3 is 2.27 bits per heavy atom. The minimum atomic E-state index is -4.69. The molecule has 4 rings (SSSR count). The average Bonchev–Trinajstić information content (AvgIpc) is 3.07. The number of halogens is 3. The number of aromatic nitrogens is 1. The maximum Gasteiger partial charge on any atom is 0.573 e. The summed E-state index contributed by atoms with van der Waals surface area (Å²) < 4.78 is 46.6. The number of methoxy groups -OCH3 is 1. The molecule has 0 N–H and O–H groups in total. The van der Waals surface area contributed by atoms with Gasteiger partial charge in [0.25, 0.3) is 0 Å². The van der Waals surface area contributed by atoms with E-state index in [0.717, 1.165) is 34.7 Å². The van der Waals surface area contributed by atoms with Gasteiger partial charge in [0.2, 0.25) is 0 Å². The van der Waals surface area contributed by atoms with Gasteiger partial charge >= 0.3 is 6.36 Å². The summed E-state index contributed by atoms with van der Waals surface area (Å²) in [5.41, 5.74) is 3.99. The van der Waals surface area contributed by atoms with Gasteiger partial charge in [-0.3, -0.25) is 9.88 Å². The van der Waals surface area contributed by atoms with Crippen molar-refractivity contribution in [2.45, 2.75) is 32.3 Å². The summed E-state index contributed by atoms with van der Waals surface area (Å²) in [6.45, 7) is 6.44. The first-order valence-corrected chi connectivity index (χ1v) is 10.6. The van der Waals surface area contributed by atoms with Gasteiger partial charge in [-0.2, -0.15) is 0 Å². The highest BCUT2D eigenvalue weighted by Crippen LogP contribution is 2.34. The molecule has 8 heteroatoms. The van der Waals surface area contributed by atoms with E-state index in [1.807, 2.05) is 36.5 Å². The molecule has 1 aliphatic rings. The fourth-order valence-electron chi connectivity index (χ4n) is 4.11. The van der Waals surface area contributed by atoms with Crippen LogP contribution in [0.1, 0.15) is 19.4 Å². The molecule has 1 aliphatic heterocycles. The van der Waals surface area contributed by atoms with Crippen molar-refractivity contribution in [2.24, 2.45) is 0 Å². The summed E-state index contributed by atoms with van der Waals surface area (Å²) in [6, 6.07) is 16.0. The molecular formula is C25H26F3N3O2. The van der Waals surface area contributed by atoms with Crippen LogP contribution in [0.25, 0.3) is 11.1 Å². The third kappa shape index (κ3) is 5.39. The summed E-state index contributed by atoms with van der Waals surface area (Å²) in [7, 11) is 1.64. The number of benzene rings is 2. The first-order valence-electron chi connectivity index (χ1n) is 10.6. The molecule has 174 valence electrons. The molecule has 0 saturated carbocycles. The second kappa shape index (κ2) is 8.94. The Kier molecular flexibility index (Phi) is 6.21. The molecule has 2 aromatic carbocycles. The molecule has 3 aromatic rings. The zero-order chi connectivity index (χ0) is 23.6. The largest absolute Gasteiger partial charge is 0.573 e. The fourth-order valence-corrected chi connectivity index (χ4v) is 4.11. The molecule has 2 heterocycles. The van der Waals surface area contributed by atoms with E-state index in [0.29, 0.717) is 13.2 Å². The predicted octanol–water partition coefficient (Wildman–Crippen LogP) is 5.71. The molecule has 0 bridgehead atoms. The average molecular weight is 457 g/mol. The Morgan fingerprint density at radius 1 is 0.970 bits per heavy atom. The topological polar surface area (TPSA) is 37.8 Å². The van der Waals surface area contributed by atoms with Crippen molar-refractivity contribution in [3.63, 3.8) is 0 Å². The van der Waals surface area contributed by atoms with Crippen molar-refractivity contribution in [1.29, 1.82) is 0 Å². The van der Waals surface area contributed by atoms with E-state index < -0.39 is 6.36 Å². The molecule has 5 nitrogen and oxygen atoms in total.